The van der Waals surface area contributed by atoms with E-state index in [9.17, 15) is 24.5 Å². The Balaban J connectivity index is 1.73. The number of rotatable bonds is 3. The van der Waals surface area contributed by atoms with Gasteiger partial charge in [-0.1, -0.05) is 0 Å². The van der Waals surface area contributed by atoms with Crippen LogP contribution >= 0.6 is 0 Å². The van der Waals surface area contributed by atoms with Crippen LogP contribution in [0.25, 0.3) is 0 Å². The minimum Gasteiger partial charge on any atom is -0.457 e. The number of nitro benzene ring substituents is 1. The van der Waals surface area contributed by atoms with Gasteiger partial charge in [-0.3, -0.25) is 19.8 Å². The van der Waals surface area contributed by atoms with E-state index in [4.69, 9.17) is 9.47 Å². The number of amides is 2. The SMILES string of the molecule is CC(C)(C)OC(=O)N1C[C@@H](OC(=O)c2ccc([N+](=O)[O-])cc2)C[C@H]2CNC(=O)[C@H]21. The van der Waals surface area contributed by atoms with Crippen LogP contribution in [-0.2, 0) is 14.3 Å². The molecule has 10 heteroatoms. The smallest absolute Gasteiger partial charge is 0.411 e. The molecule has 0 saturated carbocycles. The van der Waals surface area contributed by atoms with Crippen molar-refractivity contribution < 1.29 is 28.8 Å². The van der Waals surface area contributed by atoms with Crippen LogP contribution in [0, 0.1) is 16.0 Å². The Bertz CT molecular complexity index is 831. The number of nitrogens with zero attached hydrogens (tertiary/aromatic N) is 2. The van der Waals surface area contributed by atoms with Gasteiger partial charge in [-0.05, 0) is 39.3 Å². The maximum atomic E-state index is 12.6. The van der Waals surface area contributed by atoms with E-state index < -0.39 is 34.7 Å². The molecule has 0 aliphatic carbocycles. The van der Waals surface area contributed by atoms with Crippen molar-refractivity contribution in [1.82, 2.24) is 10.2 Å². The molecule has 1 aromatic carbocycles. The number of piperidine rings is 1. The summed E-state index contributed by atoms with van der Waals surface area (Å²) in [5.74, 6) is -1.09. The van der Waals surface area contributed by atoms with Gasteiger partial charge in [0, 0.05) is 24.6 Å². The van der Waals surface area contributed by atoms with E-state index in [0.717, 1.165) is 0 Å². The number of benzene rings is 1. The van der Waals surface area contributed by atoms with Crippen molar-refractivity contribution in [3.63, 3.8) is 0 Å². The molecule has 2 aliphatic rings. The summed E-state index contributed by atoms with van der Waals surface area (Å²) in [6, 6.07) is 4.43. The maximum Gasteiger partial charge on any atom is 0.411 e. The van der Waals surface area contributed by atoms with Crippen molar-refractivity contribution >= 4 is 23.7 Å². The highest BCUT2D eigenvalue weighted by Crippen LogP contribution is 2.30. The molecule has 0 spiro atoms. The standard InChI is InChI=1S/C19H23N3O7/c1-19(2,3)29-18(25)21-10-14(8-12-9-20-16(23)15(12)21)28-17(24)11-4-6-13(7-5-11)22(26)27/h4-7,12,14-15H,8-10H2,1-3H3,(H,20,23)/t12-,14-,15-/m0/s1. The minimum atomic E-state index is -0.732. The molecule has 2 aliphatic heterocycles. The molecule has 0 unspecified atom stereocenters. The van der Waals surface area contributed by atoms with Crippen molar-refractivity contribution in [2.45, 2.75) is 44.9 Å². The Morgan fingerprint density at radius 2 is 1.90 bits per heavy atom. The molecule has 2 heterocycles. The lowest BCUT2D eigenvalue weighted by Gasteiger charge is -2.39. The van der Waals surface area contributed by atoms with E-state index in [1.165, 1.54) is 29.2 Å². The van der Waals surface area contributed by atoms with Crippen molar-refractivity contribution in [3.8, 4) is 0 Å². The van der Waals surface area contributed by atoms with E-state index >= 15 is 0 Å². The summed E-state index contributed by atoms with van der Waals surface area (Å²) in [5.41, 5.74) is -0.694. The third-order valence-corrected chi connectivity index (χ3v) is 4.77. The molecule has 0 radical (unpaired) electrons. The summed E-state index contributed by atoms with van der Waals surface area (Å²) in [4.78, 5) is 48.8. The second-order valence-corrected chi connectivity index (χ2v) is 8.15. The average molecular weight is 405 g/mol. The predicted octanol–water partition coefficient (Wildman–Crippen LogP) is 1.88. The summed E-state index contributed by atoms with van der Waals surface area (Å²) in [6.07, 6.45) is -0.846. The van der Waals surface area contributed by atoms with Crippen molar-refractivity contribution in [2.24, 2.45) is 5.92 Å². The van der Waals surface area contributed by atoms with Gasteiger partial charge in [0.25, 0.3) is 5.69 Å². The van der Waals surface area contributed by atoms with Crippen LogP contribution in [0.15, 0.2) is 24.3 Å². The Kier molecular flexibility index (Phi) is 5.45. The van der Waals surface area contributed by atoms with Crippen molar-refractivity contribution in [1.29, 1.82) is 0 Å². The molecule has 29 heavy (non-hydrogen) atoms. The van der Waals surface area contributed by atoms with Gasteiger partial charge in [0.1, 0.15) is 17.7 Å². The summed E-state index contributed by atoms with van der Waals surface area (Å²) >= 11 is 0. The van der Waals surface area contributed by atoms with Gasteiger partial charge in [-0.15, -0.1) is 0 Å². The lowest BCUT2D eigenvalue weighted by Crippen LogP contribution is -2.56. The third kappa shape index (κ3) is 4.64. The molecule has 156 valence electrons. The van der Waals surface area contributed by atoms with E-state index in [1.807, 2.05) is 0 Å². The highest BCUT2D eigenvalue weighted by Gasteiger charge is 2.48. The molecule has 2 amide bonds. The van der Waals surface area contributed by atoms with Gasteiger partial charge in [0.15, 0.2) is 0 Å². The van der Waals surface area contributed by atoms with E-state index in [-0.39, 0.29) is 29.6 Å². The van der Waals surface area contributed by atoms with Crippen LogP contribution in [0.1, 0.15) is 37.6 Å². The van der Waals surface area contributed by atoms with Crippen LogP contribution in [-0.4, -0.2) is 58.6 Å². The van der Waals surface area contributed by atoms with E-state index in [0.29, 0.717) is 13.0 Å². The quantitative estimate of drug-likeness (QED) is 0.462. The van der Waals surface area contributed by atoms with Gasteiger partial charge in [0.05, 0.1) is 17.0 Å². The molecule has 3 atom stereocenters. The first kappa shape index (κ1) is 20.6. The average Bonchev–Trinajstić information content (AvgIpc) is 3.00. The fraction of sp³-hybridized carbons (Fsp3) is 0.526. The number of ether oxygens (including phenoxy) is 2. The molecular weight excluding hydrogens is 382 g/mol. The molecule has 1 N–H and O–H groups in total. The van der Waals surface area contributed by atoms with E-state index in [1.54, 1.807) is 20.8 Å². The zero-order valence-corrected chi connectivity index (χ0v) is 16.4. The van der Waals surface area contributed by atoms with Crippen LogP contribution in [0.3, 0.4) is 0 Å². The van der Waals surface area contributed by atoms with Gasteiger partial charge in [-0.25, -0.2) is 9.59 Å². The summed E-state index contributed by atoms with van der Waals surface area (Å²) in [7, 11) is 0. The molecule has 0 aromatic heterocycles. The fourth-order valence-corrected chi connectivity index (χ4v) is 3.55. The first-order valence-electron chi connectivity index (χ1n) is 9.28. The Labute approximate surface area is 167 Å². The number of likely N-dealkylation sites (tertiary alicyclic amines) is 1. The molecule has 1 aromatic rings. The number of carbonyl (C=O) groups is 3. The molecular formula is C19H23N3O7. The summed E-state index contributed by atoms with van der Waals surface area (Å²) in [5, 5.41) is 13.5. The van der Waals surface area contributed by atoms with Gasteiger partial charge < -0.3 is 14.8 Å². The van der Waals surface area contributed by atoms with Crippen molar-refractivity contribution in [3.05, 3.63) is 39.9 Å². The summed E-state index contributed by atoms with van der Waals surface area (Å²) < 4.78 is 10.9. The minimum absolute atomic E-state index is 0.0300. The second kappa shape index (κ2) is 7.69. The van der Waals surface area contributed by atoms with Gasteiger partial charge in [-0.2, -0.15) is 0 Å². The number of nitro groups is 1. The lowest BCUT2D eigenvalue weighted by molar-refractivity contribution is -0.384. The van der Waals surface area contributed by atoms with Crippen LogP contribution in [0.5, 0.6) is 0 Å². The second-order valence-electron chi connectivity index (χ2n) is 8.15. The Morgan fingerprint density at radius 3 is 2.48 bits per heavy atom. The van der Waals surface area contributed by atoms with Gasteiger partial charge in [0.2, 0.25) is 5.91 Å². The third-order valence-electron chi connectivity index (χ3n) is 4.77. The van der Waals surface area contributed by atoms with Crippen LogP contribution < -0.4 is 5.32 Å². The lowest BCUT2D eigenvalue weighted by atomic mass is 9.90. The number of esters is 1. The number of non-ortho nitro benzene ring substituents is 1. The highest BCUT2D eigenvalue weighted by atomic mass is 16.6. The number of carbonyl (C=O) groups excluding carboxylic acids is 3. The number of nitrogens with one attached hydrogen (secondary N) is 1. The number of hydrogen-bond donors (Lipinski definition) is 1. The fourth-order valence-electron chi connectivity index (χ4n) is 3.55. The number of fused-ring (bicyclic) bond motifs is 1. The van der Waals surface area contributed by atoms with E-state index in [2.05, 4.69) is 5.32 Å². The Hall–Kier alpha value is -3.17. The van der Waals surface area contributed by atoms with Gasteiger partial charge >= 0.3 is 12.1 Å². The van der Waals surface area contributed by atoms with Crippen molar-refractivity contribution in [2.75, 3.05) is 13.1 Å². The van der Waals surface area contributed by atoms with Crippen LogP contribution in [0.4, 0.5) is 10.5 Å². The predicted molar refractivity (Wildman–Crippen MR) is 100 cm³/mol. The highest BCUT2D eigenvalue weighted by molar-refractivity contribution is 5.90. The monoisotopic (exact) mass is 405 g/mol. The number of hydrogen-bond acceptors (Lipinski definition) is 7. The maximum absolute atomic E-state index is 12.6. The van der Waals surface area contributed by atoms with Crippen LogP contribution in [0.2, 0.25) is 0 Å². The molecule has 0 bridgehead atoms. The Morgan fingerprint density at radius 1 is 1.24 bits per heavy atom. The zero-order chi connectivity index (χ0) is 21.3. The zero-order valence-electron chi connectivity index (χ0n) is 16.4. The summed E-state index contributed by atoms with van der Waals surface area (Å²) in [6.45, 7) is 5.60. The molecule has 2 saturated heterocycles. The topological polar surface area (TPSA) is 128 Å². The molecule has 2 fully saturated rings. The first-order chi connectivity index (χ1) is 13.5. The normalized spacial score (nSPS) is 23.8. The molecule has 10 nitrogen and oxygen atoms in total. The first-order valence-corrected chi connectivity index (χ1v) is 9.28. The largest absolute Gasteiger partial charge is 0.457 e. The molecule has 3 rings (SSSR count).